The molecule has 0 aromatic rings. The maximum atomic E-state index is 4.42. The van der Waals surface area contributed by atoms with Gasteiger partial charge in [0.1, 0.15) is 0 Å². The van der Waals surface area contributed by atoms with Crippen molar-refractivity contribution in [3.63, 3.8) is 0 Å². The number of aliphatic imine (C=N–C) groups is 1. The molecule has 0 saturated carbocycles. The second kappa shape index (κ2) is 5.53. The summed E-state index contributed by atoms with van der Waals surface area (Å²) in [7, 11) is 2.10. The van der Waals surface area contributed by atoms with Crippen molar-refractivity contribution in [1.82, 2.24) is 15.1 Å². The molecule has 2 aliphatic heterocycles. The summed E-state index contributed by atoms with van der Waals surface area (Å²) in [5.74, 6) is 2.00. The lowest BCUT2D eigenvalue weighted by atomic mass is 9.99. The molecule has 2 rings (SSSR count). The lowest BCUT2D eigenvalue weighted by molar-refractivity contribution is 0.195. The molecule has 92 valence electrons. The van der Waals surface area contributed by atoms with E-state index < -0.39 is 0 Å². The molecule has 0 aromatic heterocycles. The van der Waals surface area contributed by atoms with Gasteiger partial charge in [0.15, 0.2) is 5.96 Å². The van der Waals surface area contributed by atoms with Gasteiger partial charge in [0, 0.05) is 26.7 Å². The standard InChI is InChI=1S/C12H24N4/c1-11-3-7-16(8-4-11)10-6-14-12-13-5-9-15(12)2/h11H,3-10H2,1-2H3,(H,13,14). The number of nitrogens with zero attached hydrogens (tertiary/aromatic N) is 3. The lowest BCUT2D eigenvalue weighted by Gasteiger charge is -2.30. The van der Waals surface area contributed by atoms with Crippen molar-refractivity contribution in [3.05, 3.63) is 0 Å². The van der Waals surface area contributed by atoms with Crippen molar-refractivity contribution in [2.75, 3.05) is 46.3 Å². The molecule has 0 spiro atoms. The van der Waals surface area contributed by atoms with Gasteiger partial charge in [0.2, 0.25) is 0 Å². The summed E-state index contributed by atoms with van der Waals surface area (Å²) in [6.45, 7) is 9.08. The Morgan fingerprint density at radius 2 is 2.06 bits per heavy atom. The molecule has 2 aliphatic rings. The predicted molar refractivity (Wildman–Crippen MR) is 67.8 cm³/mol. The fraction of sp³-hybridized carbons (Fsp3) is 0.917. The van der Waals surface area contributed by atoms with E-state index >= 15 is 0 Å². The van der Waals surface area contributed by atoms with Crippen LogP contribution in [-0.2, 0) is 0 Å². The van der Waals surface area contributed by atoms with Gasteiger partial charge >= 0.3 is 0 Å². The Morgan fingerprint density at radius 3 is 2.69 bits per heavy atom. The number of nitrogens with one attached hydrogen (secondary N) is 1. The van der Waals surface area contributed by atoms with E-state index in [1.807, 2.05) is 0 Å². The molecule has 0 aliphatic carbocycles. The average molecular weight is 224 g/mol. The van der Waals surface area contributed by atoms with E-state index in [1.165, 1.54) is 25.9 Å². The molecule has 16 heavy (non-hydrogen) atoms. The number of hydrogen-bond acceptors (Lipinski definition) is 4. The Balaban J connectivity index is 1.61. The highest BCUT2D eigenvalue weighted by Crippen LogP contribution is 2.15. The van der Waals surface area contributed by atoms with Gasteiger partial charge in [-0.05, 0) is 31.8 Å². The molecule has 0 unspecified atom stereocenters. The molecule has 1 saturated heterocycles. The van der Waals surface area contributed by atoms with Crippen LogP contribution in [0.2, 0.25) is 0 Å². The first kappa shape index (κ1) is 11.7. The van der Waals surface area contributed by atoms with Gasteiger partial charge in [0.05, 0.1) is 6.54 Å². The van der Waals surface area contributed by atoms with Crippen LogP contribution in [0, 0.1) is 5.92 Å². The first-order valence-electron chi connectivity index (χ1n) is 6.47. The maximum Gasteiger partial charge on any atom is 0.193 e. The number of hydrogen-bond donors (Lipinski definition) is 1. The molecule has 1 fully saturated rings. The van der Waals surface area contributed by atoms with Gasteiger partial charge in [-0.15, -0.1) is 0 Å². The van der Waals surface area contributed by atoms with Crippen molar-refractivity contribution < 1.29 is 0 Å². The van der Waals surface area contributed by atoms with Gasteiger partial charge < -0.3 is 15.1 Å². The Bertz CT molecular complexity index is 243. The van der Waals surface area contributed by atoms with Gasteiger partial charge in [-0.2, -0.15) is 0 Å². The van der Waals surface area contributed by atoms with E-state index in [2.05, 4.69) is 34.1 Å². The molecule has 4 nitrogen and oxygen atoms in total. The number of piperidine rings is 1. The average Bonchev–Trinajstić information content (AvgIpc) is 2.68. The van der Waals surface area contributed by atoms with E-state index in [4.69, 9.17) is 0 Å². The van der Waals surface area contributed by atoms with Gasteiger partial charge in [-0.3, -0.25) is 4.99 Å². The Hall–Kier alpha value is -0.770. The van der Waals surface area contributed by atoms with Crippen LogP contribution in [0.15, 0.2) is 4.99 Å². The highest BCUT2D eigenvalue weighted by molar-refractivity contribution is 5.81. The van der Waals surface area contributed by atoms with E-state index in [0.717, 1.165) is 38.1 Å². The first-order valence-corrected chi connectivity index (χ1v) is 6.47. The fourth-order valence-electron chi connectivity index (χ4n) is 2.33. The smallest absolute Gasteiger partial charge is 0.193 e. The first-order chi connectivity index (χ1) is 7.75. The van der Waals surface area contributed by atoms with Gasteiger partial charge in [-0.25, -0.2) is 0 Å². The summed E-state index contributed by atoms with van der Waals surface area (Å²) < 4.78 is 0. The fourth-order valence-corrected chi connectivity index (χ4v) is 2.33. The van der Waals surface area contributed by atoms with Gasteiger partial charge in [0.25, 0.3) is 0 Å². The molecule has 0 atom stereocenters. The Labute approximate surface area is 98.7 Å². The largest absolute Gasteiger partial charge is 0.355 e. The second-order valence-electron chi connectivity index (χ2n) is 5.08. The third-order valence-electron chi connectivity index (χ3n) is 3.65. The molecule has 0 radical (unpaired) electrons. The number of rotatable bonds is 3. The van der Waals surface area contributed by atoms with Crippen molar-refractivity contribution >= 4 is 5.96 Å². The number of likely N-dealkylation sites (N-methyl/N-ethyl adjacent to an activating group) is 1. The predicted octanol–water partition coefficient (Wildman–Crippen LogP) is 0.609. The van der Waals surface area contributed by atoms with Crippen LogP contribution in [0.25, 0.3) is 0 Å². The van der Waals surface area contributed by atoms with Crippen LogP contribution in [0.1, 0.15) is 19.8 Å². The van der Waals surface area contributed by atoms with Crippen LogP contribution in [0.5, 0.6) is 0 Å². The normalized spacial score (nSPS) is 23.6. The third kappa shape index (κ3) is 3.11. The van der Waals surface area contributed by atoms with Crippen LogP contribution in [0.3, 0.4) is 0 Å². The maximum absolute atomic E-state index is 4.42. The molecule has 4 heteroatoms. The van der Waals surface area contributed by atoms with Crippen molar-refractivity contribution in [3.8, 4) is 0 Å². The Morgan fingerprint density at radius 1 is 1.31 bits per heavy atom. The van der Waals surface area contributed by atoms with E-state index in [9.17, 15) is 0 Å². The van der Waals surface area contributed by atoms with Crippen molar-refractivity contribution in [2.45, 2.75) is 19.8 Å². The molecular weight excluding hydrogens is 200 g/mol. The lowest BCUT2D eigenvalue weighted by Crippen LogP contribution is -2.42. The summed E-state index contributed by atoms with van der Waals surface area (Å²) >= 11 is 0. The quantitative estimate of drug-likeness (QED) is 0.762. The van der Waals surface area contributed by atoms with Crippen LogP contribution >= 0.6 is 0 Å². The number of likely N-dealkylation sites (tertiary alicyclic amines) is 1. The number of guanidine groups is 1. The molecular formula is C12H24N4. The van der Waals surface area contributed by atoms with E-state index in [0.29, 0.717) is 0 Å². The molecule has 2 heterocycles. The molecule has 0 bridgehead atoms. The zero-order valence-corrected chi connectivity index (χ0v) is 10.6. The highest BCUT2D eigenvalue weighted by Gasteiger charge is 2.16. The zero-order valence-electron chi connectivity index (χ0n) is 10.6. The summed E-state index contributed by atoms with van der Waals surface area (Å²) in [6, 6.07) is 0. The minimum absolute atomic E-state index is 0.926. The minimum atomic E-state index is 0.926. The van der Waals surface area contributed by atoms with E-state index in [-0.39, 0.29) is 0 Å². The monoisotopic (exact) mass is 224 g/mol. The summed E-state index contributed by atoms with van der Waals surface area (Å²) in [5, 5.41) is 3.42. The Kier molecular flexibility index (Phi) is 4.04. The summed E-state index contributed by atoms with van der Waals surface area (Å²) in [4.78, 5) is 9.18. The van der Waals surface area contributed by atoms with Crippen LogP contribution < -0.4 is 5.32 Å². The minimum Gasteiger partial charge on any atom is -0.355 e. The molecule has 1 N–H and O–H groups in total. The third-order valence-corrected chi connectivity index (χ3v) is 3.65. The second-order valence-corrected chi connectivity index (χ2v) is 5.08. The van der Waals surface area contributed by atoms with Crippen molar-refractivity contribution in [1.29, 1.82) is 0 Å². The topological polar surface area (TPSA) is 30.9 Å². The zero-order chi connectivity index (χ0) is 11.4. The van der Waals surface area contributed by atoms with Crippen LogP contribution in [0.4, 0.5) is 0 Å². The SMILES string of the molecule is CC1CCN(CCNC2=NCCN2C)CC1. The highest BCUT2D eigenvalue weighted by atomic mass is 15.3. The van der Waals surface area contributed by atoms with E-state index in [1.54, 1.807) is 0 Å². The molecule has 0 aromatic carbocycles. The summed E-state index contributed by atoms with van der Waals surface area (Å²) in [6.07, 6.45) is 2.72. The van der Waals surface area contributed by atoms with Gasteiger partial charge in [-0.1, -0.05) is 6.92 Å². The van der Waals surface area contributed by atoms with Crippen molar-refractivity contribution in [2.24, 2.45) is 10.9 Å². The molecule has 0 amide bonds. The summed E-state index contributed by atoms with van der Waals surface area (Å²) in [5.41, 5.74) is 0. The van der Waals surface area contributed by atoms with Crippen LogP contribution in [-0.4, -0.2) is 62.1 Å².